The van der Waals surface area contributed by atoms with Crippen molar-refractivity contribution >= 4 is 11.6 Å². The maximum Gasteiger partial charge on any atom is 0.255 e. The number of anilines is 1. The number of aromatic nitrogens is 2. The topological polar surface area (TPSA) is 67.2 Å². The zero-order chi connectivity index (χ0) is 15.4. The highest BCUT2D eigenvalue weighted by Crippen LogP contribution is 2.22. The molecule has 0 aliphatic heterocycles. The van der Waals surface area contributed by atoms with Crippen molar-refractivity contribution < 1.29 is 9.90 Å². The summed E-state index contributed by atoms with van der Waals surface area (Å²) in [4.78, 5) is 12.2. The molecule has 3 aromatic rings. The first-order valence-electron chi connectivity index (χ1n) is 6.88. The molecule has 0 fully saturated rings. The van der Waals surface area contributed by atoms with Crippen LogP contribution in [0.1, 0.15) is 15.9 Å². The van der Waals surface area contributed by atoms with Crippen LogP contribution in [0.4, 0.5) is 5.69 Å². The van der Waals surface area contributed by atoms with Crippen LogP contribution in [-0.2, 0) is 6.54 Å². The van der Waals surface area contributed by atoms with E-state index in [4.69, 9.17) is 0 Å². The van der Waals surface area contributed by atoms with E-state index in [1.165, 1.54) is 6.07 Å². The van der Waals surface area contributed by atoms with E-state index in [1.54, 1.807) is 36.5 Å². The SMILES string of the molecule is O=C(Nc1ccccc1O)c1ccc(Cn2cccn2)cc1. The molecule has 0 atom stereocenters. The summed E-state index contributed by atoms with van der Waals surface area (Å²) in [5.74, 6) is -0.210. The van der Waals surface area contributed by atoms with Gasteiger partial charge in [-0.05, 0) is 35.9 Å². The zero-order valence-corrected chi connectivity index (χ0v) is 11.8. The molecule has 0 radical (unpaired) electrons. The molecule has 3 rings (SSSR count). The largest absolute Gasteiger partial charge is 0.506 e. The Morgan fingerprint density at radius 2 is 1.86 bits per heavy atom. The fourth-order valence-corrected chi connectivity index (χ4v) is 2.12. The number of carbonyl (C=O) groups is 1. The van der Waals surface area contributed by atoms with Crippen LogP contribution in [0.3, 0.4) is 0 Å². The van der Waals surface area contributed by atoms with Crippen molar-refractivity contribution in [1.29, 1.82) is 0 Å². The van der Waals surface area contributed by atoms with Crippen LogP contribution in [0.15, 0.2) is 67.0 Å². The van der Waals surface area contributed by atoms with Crippen molar-refractivity contribution in [1.82, 2.24) is 9.78 Å². The van der Waals surface area contributed by atoms with Gasteiger partial charge in [0.05, 0.1) is 12.2 Å². The maximum atomic E-state index is 12.2. The summed E-state index contributed by atoms with van der Waals surface area (Å²) in [7, 11) is 0. The van der Waals surface area contributed by atoms with Gasteiger partial charge in [0.1, 0.15) is 5.75 Å². The lowest BCUT2D eigenvalue weighted by atomic mass is 10.1. The smallest absolute Gasteiger partial charge is 0.255 e. The van der Waals surface area contributed by atoms with Gasteiger partial charge in [-0.25, -0.2) is 0 Å². The summed E-state index contributed by atoms with van der Waals surface area (Å²) >= 11 is 0. The van der Waals surface area contributed by atoms with E-state index in [-0.39, 0.29) is 11.7 Å². The molecular formula is C17H15N3O2. The Hall–Kier alpha value is -3.08. The number of nitrogens with zero attached hydrogens (tertiary/aromatic N) is 2. The van der Waals surface area contributed by atoms with Crippen LogP contribution in [0.25, 0.3) is 0 Å². The minimum Gasteiger partial charge on any atom is -0.506 e. The Morgan fingerprint density at radius 1 is 1.09 bits per heavy atom. The second-order valence-corrected chi connectivity index (χ2v) is 4.87. The van der Waals surface area contributed by atoms with Gasteiger partial charge in [-0.15, -0.1) is 0 Å². The van der Waals surface area contributed by atoms with Crippen molar-refractivity contribution in [3.05, 3.63) is 78.1 Å². The molecule has 2 N–H and O–H groups in total. The maximum absolute atomic E-state index is 12.2. The number of nitrogens with one attached hydrogen (secondary N) is 1. The quantitative estimate of drug-likeness (QED) is 0.727. The minimum absolute atomic E-state index is 0.0474. The van der Waals surface area contributed by atoms with Crippen LogP contribution in [-0.4, -0.2) is 20.8 Å². The van der Waals surface area contributed by atoms with Crippen molar-refractivity contribution in [3.8, 4) is 5.75 Å². The normalized spacial score (nSPS) is 10.4. The van der Waals surface area contributed by atoms with E-state index in [1.807, 2.05) is 29.1 Å². The van der Waals surface area contributed by atoms with Crippen molar-refractivity contribution in [3.63, 3.8) is 0 Å². The van der Waals surface area contributed by atoms with E-state index in [2.05, 4.69) is 10.4 Å². The number of carbonyl (C=O) groups excluding carboxylic acids is 1. The highest BCUT2D eigenvalue weighted by molar-refractivity contribution is 6.04. The third-order valence-electron chi connectivity index (χ3n) is 3.27. The molecule has 0 aliphatic carbocycles. The van der Waals surface area contributed by atoms with E-state index < -0.39 is 0 Å². The number of amides is 1. The van der Waals surface area contributed by atoms with Crippen molar-refractivity contribution in [2.45, 2.75) is 6.54 Å². The molecule has 1 aromatic heterocycles. The first kappa shape index (κ1) is 13.9. The first-order chi connectivity index (χ1) is 10.7. The van der Waals surface area contributed by atoms with E-state index in [0.717, 1.165) is 5.56 Å². The number of hydrogen-bond acceptors (Lipinski definition) is 3. The Morgan fingerprint density at radius 3 is 2.55 bits per heavy atom. The standard InChI is InChI=1S/C17H15N3O2/c21-16-5-2-1-4-15(16)19-17(22)14-8-6-13(7-9-14)12-20-11-3-10-18-20/h1-11,21H,12H2,(H,19,22). The number of para-hydroxylation sites is 2. The van der Waals surface area contributed by atoms with E-state index in [9.17, 15) is 9.90 Å². The van der Waals surface area contributed by atoms with Gasteiger partial charge >= 0.3 is 0 Å². The fourth-order valence-electron chi connectivity index (χ4n) is 2.12. The Bertz CT molecular complexity index is 765. The Labute approximate surface area is 127 Å². The average Bonchev–Trinajstić information content (AvgIpc) is 3.03. The Balaban J connectivity index is 1.70. The molecular weight excluding hydrogens is 278 g/mol. The molecule has 1 amide bonds. The summed E-state index contributed by atoms with van der Waals surface area (Å²) in [5, 5.41) is 16.5. The highest BCUT2D eigenvalue weighted by Gasteiger charge is 2.08. The van der Waals surface area contributed by atoms with Gasteiger partial charge in [-0.2, -0.15) is 5.10 Å². The molecule has 0 saturated carbocycles. The molecule has 1 heterocycles. The fraction of sp³-hybridized carbons (Fsp3) is 0.0588. The predicted molar refractivity (Wildman–Crippen MR) is 83.8 cm³/mol. The summed E-state index contributed by atoms with van der Waals surface area (Å²) in [5.41, 5.74) is 1.99. The molecule has 0 bridgehead atoms. The second-order valence-electron chi connectivity index (χ2n) is 4.87. The third kappa shape index (κ3) is 3.15. The summed E-state index contributed by atoms with van der Waals surface area (Å²) in [6, 6.07) is 15.8. The van der Waals surface area contributed by atoms with Crippen LogP contribution in [0.5, 0.6) is 5.75 Å². The van der Waals surface area contributed by atoms with Crippen LogP contribution in [0, 0.1) is 0 Å². The van der Waals surface area contributed by atoms with Crippen molar-refractivity contribution in [2.75, 3.05) is 5.32 Å². The summed E-state index contributed by atoms with van der Waals surface area (Å²) in [6.45, 7) is 0.661. The summed E-state index contributed by atoms with van der Waals surface area (Å²) < 4.78 is 1.82. The average molecular weight is 293 g/mol. The lowest BCUT2D eigenvalue weighted by molar-refractivity contribution is 0.102. The molecule has 22 heavy (non-hydrogen) atoms. The third-order valence-corrected chi connectivity index (χ3v) is 3.27. The number of rotatable bonds is 4. The van der Waals surface area contributed by atoms with Gasteiger partial charge in [0, 0.05) is 18.0 Å². The number of hydrogen-bond donors (Lipinski definition) is 2. The lowest BCUT2D eigenvalue weighted by Crippen LogP contribution is -2.12. The molecule has 0 saturated heterocycles. The predicted octanol–water partition coefficient (Wildman–Crippen LogP) is 2.89. The molecule has 110 valence electrons. The molecule has 5 heteroatoms. The summed E-state index contributed by atoms with van der Waals surface area (Å²) in [6.07, 6.45) is 3.62. The number of aromatic hydroxyl groups is 1. The number of phenols is 1. The molecule has 2 aromatic carbocycles. The second kappa shape index (κ2) is 6.13. The van der Waals surface area contributed by atoms with E-state index >= 15 is 0 Å². The molecule has 0 unspecified atom stereocenters. The number of benzene rings is 2. The molecule has 0 aliphatic rings. The monoisotopic (exact) mass is 293 g/mol. The van der Waals surface area contributed by atoms with Gasteiger partial charge < -0.3 is 10.4 Å². The van der Waals surface area contributed by atoms with Crippen LogP contribution < -0.4 is 5.32 Å². The molecule has 0 spiro atoms. The van der Waals surface area contributed by atoms with Gasteiger partial charge in [0.2, 0.25) is 0 Å². The Kier molecular flexibility index (Phi) is 3.87. The van der Waals surface area contributed by atoms with Gasteiger partial charge in [-0.1, -0.05) is 24.3 Å². The first-order valence-corrected chi connectivity index (χ1v) is 6.88. The number of phenolic OH excluding ortho intramolecular Hbond substituents is 1. The highest BCUT2D eigenvalue weighted by atomic mass is 16.3. The van der Waals surface area contributed by atoms with Crippen LogP contribution in [0.2, 0.25) is 0 Å². The van der Waals surface area contributed by atoms with E-state index in [0.29, 0.717) is 17.8 Å². The lowest BCUT2D eigenvalue weighted by Gasteiger charge is -2.08. The van der Waals surface area contributed by atoms with Crippen molar-refractivity contribution in [2.24, 2.45) is 0 Å². The van der Waals surface area contributed by atoms with Crippen LogP contribution >= 0.6 is 0 Å². The minimum atomic E-state index is -0.257. The molecule has 5 nitrogen and oxygen atoms in total. The van der Waals surface area contributed by atoms with Gasteiger partial charge in [0.15, 0.2) is 0 Å². The van der Waals surface area contributed by atoms with Gasteiger partial charge in [-0.3, -0.25) is 9.48 Å². The zero-order valence-electron chi connectivity index (χ0n) is 11.8. The van der Waals surface area contributed by atoms with Gasteiger partial charge in [0.25, 0.3) is 5.91 Å².